The highest BCUT2D eigenvalue weighted by Crippen LogP contribution is 2.03. The van der Waals surface area contributed by atoms with Gasteiger partial charge in [-0.05, 0) is 12.8 Å². The minimum atomic E-state index is -0.716. The highest BCUT2D eigenvalue weighted by atomic mass is 16.3. The van der Waals surface area contributed by atoms with Crippen LogP contribution in [0.2, 0.25) is 0 Å². The van der Waals surface area contributed by atoms with Gasteiger partial charge in [0, 0.05) is 6.42 Å². The molecule has 11 heavy (non-hydrogen) atoms. The van der Waals surface area contributed by atoms with Gasteiger partial charge in [0.05, 0.1) is 0 Å². The van der Waals surface area contributed by atoms with Crippen molar-refractivity contribution < 1.29 is 9.90 Å². The van der Waals surface area contributed by atoms with Crippen molar-refractivity contribution in [1.29, 1.82) is 0 Å². The van der Waals surface area contributed by atoms with E-state index < -0.39 is 6.10 Å². The van der Waals surface area contributed by atoms with Crippen molar-refractivity contribution in [2.24, 2.45) is 0 Å². The molecule has 0 saturated heterocycles. The van der Waals surface area contributed by atoms with E-state index in [2.05, 4.69) is 6.92 Å². The van der Waals surface area contributed by atoms with Gasteiger partial charge in [-0.25, -0.2) is 0 Å². The number of aliphatic hydroxyl groups excluding tert-OH is 1. The van der Waals surface area contributed by atoms with E-state index in [4.69, 9.17) is 5.11 Å². The van der Waals surface area contributed by atoms with Crippen molar-refractivity contribution in [3.05, 3.63) is 0 Å². The topological polar surface area (TPSA) is 37.3 Å². The molecule has 0 aromatic rings. The number of hydrogen-bond acceptors (Lipinski definition) is 2. The molecule has 0 aromatic heterocycles. The fraction of sp³-hybridized carbons (Fsp3) is 0.889. The molecule has 0 heterocycles. The zero-order valence-corrected chi connectivity index (χ0v) is 7.47. The standard InChI is InChI=1S/C9H18O2/c1-3-5-6-7-9(11)8(10)4-2/h8,10H,3-7H2,1-2H3. The lowest BCUT2D eigenvalue weighted by atomic mass is 10.1. The quantitative estimate of drug-likeness (QED) is 0.599. The largest absolute Gasteiger partial charge is 0.385 e. The predicted molar refractivity (Wildman–Crippen MR) is 45.4 cm³/mol. The van der Waals surface area contributed by atoms with Crippen molar-refractivity contribution in [3.63, 3.8) is 0 Å². The first-order valence-corrected chi connectivity index (χ1v) is 4.43. The van der Waals surface area contributed by atoms with Crippen LogP contribution >= 0.6 is 0 Å². The molecule has 0 aliphatic rings. The maximum absolute atomic E-state index is 11.0. The molecular weight excluding hydrogens is 140 g/mol. The first kappa shape index (κ1) is 10.6. The van der Waals surface area contributed by atoms with E-state index in [9.17, 15) is 4.79 Å². The maximum Gasteiger partial charge on any atom is 0.161 e. The van der Waals surface area contributed by atoms with Crippen molar-refractivity contribution in [3.8, 4) is 0 Å². The van der Waals surface area contributed by atoms with Gasteiger partial charge < -0.3 is 5.11 Å². The Hall–Kier alpha value is -0.370. The fourth-order valence-corrected chi connectivity index (χ4v) is 0.944. The minimum Gasteiger partial charge on any atom is -0.385 e. The summed E-state index contributed by atoms with van der Waals surface area (Å²) in [5, 5.41) is 9.08. The van der Waals surface area contributed by atoms with E-state index in [0.717, 1.165) is 19.3 Å². The molecule has 1 N–H and O–H groups in total. The molecule has 1 atom stereocenters. The SMILES string of the molecule is CCCCCC(=O)C(O)CC. The molecule has 0 spiro atoms. The van der Waals surface area contributed by atoms with Gasteiger partial charge in [0.25, 0.3) is 0 Å². The number of aliphatic hydroxyl groups is 1. The highest BCUT2D eigenvalue weighted by molar-refractivity contribution is 5.82. The monoisotopic (exact) mass is 158 g/mol. The second-order valence-corrected chi connectivity index (χ2v) is 2.85. The number of rotatable bonds is 6. The number of ketones is 1. The summed E-state index contributed by atoms with van der Waals surface area (Å²) in [6.07, 6.45) is 3.50. The predicted octanol–water partition coefficient (Wildman–Crippen LogP) is 1.91. The summed E-state index contributed by atoms with van der Waals surface area (Å²) in [5.74, 6) is 0.000880. The van der Waals surface area contributed by atoms with E-state index in [1.54, 1.807) is 0 Å². The Kier molecular flexibility index (Phi) is 6.13. The molecule has 0 radical (unpaired) electrons. The normalized spacial score (nSPS) is 13.0. The number of carbonyl (C=O) groups excluding carboxylic acids is 1. The third kappa shape index (κ3) is 4.96. The Morgan fingerprint density at radius 3 is 2.45 bits per heavy atom. The summed E-state index contributed by atoms with van der Waals surface area (Å²) in [4.78, 5) is 11.0. The van der Waals surface area contributed by atoms with Gasteiger partial charge in [-0.15, -0.1) is 0 Å². The molecule has 1 unspecified atom stereocenters. The Balaban J connectivity index is 3.36. The molecular formula is C9H18O2. The molecule has 0 aliphatic carbocycles. The lowest BCUT2D eigenvalue weighted by molar-refractivity contribution is -0.127. The van der Waals surface area contributed by atoms with Gasteiger partial charge in [0.15, 0.2) is 5.78 Å². The van der Waals surface area contributed by atoms with Crippen LogP contribution in [-0.4, -0.2) is 17.0 Å². The third-order valence-electron chi connectivity index (χ3n) is 1.79. The number of hydrogen-bond donors (Lipinski definition) is 1. The molecule has 0 fully saturated rings. The zero-order valence-electron chi connectivity index (χ0n) is 7.47. The van der Waals surface area contributed by atoms with E-state index in [0.29, 0.717) is 12.8 Å². The molecule has 0 saturated carbocycles. The smallest absolute Gasteiger partial charge is 0.161 e. The van der Waals surface area contributed by atoms with Crippen LogP contribution in [0.15, 0.2) is 0 Å². The molecule has 2 nitrogen and oxygen atoms in total. The number of unbranched alkanes of at least 4 members (excludes halogenated alkanes) is 2. The second kappa shape index (κ2) is 6.35. The van der Waals surface area contributed by atoms with E-state index in [1.807, 2.05) is 6.92 Å². The molecule has 0 amide bonds. The maximum atomic E-state index is 11.0. The summed E-state index contributed by atoms with van der Waals surface area (Å²) in [6.45, 7) is 3.92. The van der Waals surface area contributed by atoms with Crippen LogP contribution in [0.4, 0.5) is 0 Å². The van der Waals surface area contributed by atoms with Crippen LogP contribution in [0.1, 0.15) is 46.0 Å². The lowest BCUT2D eigenvalue weighted by Gasteiger charge is -2.04. The first-order valence-electron chi connectivity index (χ1n) is 4.43. The molecule has 0 aromatic carbocycles. The van der Waals surface area contributed by atoms with Crippen LogP contribution in [0, 0.1) is 0 Å². The van der Waals surface area contributed by atoms with Crippen LogP contribution in [0.25, 0.3) is 0 Å². The Bertz CT molecular complexity index is 110. The Morgan fingerprint density at radius 1 is 1.36 bits per heavy atom. The minimum absolute atomic E-state index is 0.000880. The van der Waals surface area contributed by atoms with Crippen LogP contribution < -0.4 is 0 Å². The van der Waals surface area contributed by atoms with Gasteiger partial charge in [0.1, 0.15) is 6.10 Å². The molecule has 0 aliphatic heterocycles. The molecule has 66 valence electrons. The zero-order chi connectivity index (χ0) is 8.69. The van der Waals surface area contributed by atoms with E-state index in [1.165, 1.54) is 0 Å². The van der Waals surface area contributed by atoms with Gasteiger partial charge in [0.2, 0.25) is 0 Å². The molecule has 0 rings (SSSR count). The Morgan fingerprint density at radius 2 is 2.00 bits per heavy atom. The summed E-state index contributed by atoms with van der Waals surface area (Å²) in [6, 6.07) is 0. The van der Waals surface area contributed by atoms with Crippen molar-refractivity contribution in [2.75, 3.05) is 0 Å². The summed E-state index contributed by atoms with van der Waals surface area (Å²) >= 11 is 0. The number of Topliss-reactive ketones (excluding diaryl/α,β-unsaturated/α-hetero) is 1. The highest BCUT2D eigenvalue weighted by Gasteiger charge is 2.10. The van der Waals surface area contributed by atoms with Crippen molar-refractivity contribution in [1.82, 2.24) is 0 Å². The van der Waals surface area contributed by atoms with Gasteiger partial charge in [-0.3, -0.25) is 4.79 Å². The average Bonchev–Trinajstić information content (AvgIpc) is 2.03. The lowest BCUT2D eigenvalue weighted by Crippen LogP contribution is -2.18. The summed E-state index contributed by atoms with van der Waals surface area (Å²) < 4.78 is 0. The van der Waals surface area contributed by atoms with Crippen molar-refractivity contribution in [2.45, 2.75) is 52.1 Å². The molecule has 2 heteroatoms. The van der Waals surface area contributed by atoms with E-state index >= 15 is 0 Å². The average molecular weight is 158 g/mol. The van der Waals surface area contributed by atoms with Gasteiger partial charge in [-0.2, -0.15) is 0 Å². The Labute approximate surface area is 68.6 Å². The van der Waals surface area contributed by atoms with E-state index in [-0.39, 0.29) is 5.78 Å². The van der Waals surface area contributed by atoms with Gasteiger partial charge in [-0.1, -0.05) is 26.7 Å². The van der Waals surface area contributed by atoms with Crippen LogP contribution in [0.3, 0.4) is 0 Å². The summed E-state index contributed by atoms with van der Waals surface area (Å²) in [7, 11) is 0. The fourth-order valence-electron chi connectivity index (χ4n) is 0.944. The van der Waals surface area contributed by atoms with Crippen LogP contribution in [0.5, 0.6) is 0 Å². The third-order valence-corrected chi connectivity index (χ3v) is 1.79. The first-order chi connectivity index (χ1) is 5.22. The van der Waals surface area contributed by atoms with Gasteiger partial charge >= 0.3 is 0 Å². The van der Waals surface area contributed by atoms with Crippen LogP contribution in [-0.2, 0) is 4.79 Å². The second-order valence-electron chi connectivity index (χ2n) is 2.85. The molecule has 0 bridgehead atoms. The number of carbonyl (C=O) groups is 1. The summed E-state index contributed by atoms with van der Waals surface area (Å²) in [5.41, 5.74) is 0. The van der Waals surface area contributed by atoms with Crippen molar-refractivity contribution >= 4 is 5.78 Å².